The second-order valence-corrected chi connectivity index (χ2v) is 3.51. The van der Waals surface area contributed by atoms with Gasteiger partial charge in [-0.05, 0) is 16.3 Å². The van der Waals surface area contributed by atoms with Crippen LogP contribution in [-0.4, -0.2) is 5.30 Å². The van der Waals surface area contributed by atoms with Crippen LogP contribution in [0, 0.1) is 0 Å². The maximum absolute atomic E-state index is 10.5. The zero-order chi connectivity index (χ0) is 10.7. The van der Waals surface area contributed by atoms with E-state index in [2.05, 4.69) is 12.6 Å². The Morgan fingerprint density at radius 1 is 1.13 bits per heavy atom. The first-order chi connectivity index (χ1) is 7.27. The van der Waals surface area contributed by atoms with Gasteiger partial charge in [-0.3, -0.25) is 0 Å². The maximum Gasteiger partial charge on any atom is 0.400 e. The van der Waals surface area contributed by atoms with Gasteiger partial charge in [-0.1, -0.05) is 42.5 Å². The monoisotopic (exact) mass is 217 g/mol. The Labute approximate surface area is 93.3 Å². The Morgan fingerprint density at radius 3 is 2.67 bits per heavy atom. The number of carbonyl (C=O) groups is 1. The summed E-state index contributed by atoms with van der Waals surface area (Å²) in [4.78, 5) is 10.5. The molecular formula is C12H9O2S. The van der Waals surface area contributed by atoms with Crippen molar-refractivity contribution in [2.45, 2.75) is 6.61 Å². The Kier molecular flexibility index (Phi) is 2.83. The molecule has 0 amide bonds. The van der Waals surface area contributed by atoms with Crippen molar-refractivity contribution in [1.82, 2.24) is 0 Å². The van der Waals surface area contributed by atoms with Gasteiger partial charge in [0.05, 0.1) is 0 Å². The van der Waals surface area contributed by atoms with E-state index in [1.54, 1.807) is 0 Å². The van der Waals surface area contributed by atoms with Gasteiger partial charge in [0.1, 0.15) is 6.61 Å². The maximum atomic E-state index is 10.5. The van der Waals surface area contributed by atoms with Crippen LogP contribution in [0.3, 0.4) is 0 Å². The van der Waals surface area contributed by atoms with Gasteiger partial charge in [0.2, 0.25) is 0 Å². The SMILES string of the molecule is O=C([S])OCc1cccc2ccccc12. The number of benzene rings is 2. The van der Waals surface area contributed by atoms with Crippen molar-refractivity contribution in [3.8, 4) is 0 Å². The lowest BCUT2D eigenvalue weighted by Crippen LogP contribution is -1.95. The fraction of sp³-hybridized carbons (Fsp3) is 0.0833. The molecule has 0 saturated heterocycles. The molecule has 0 aromatic heterocycles. The summed E-state index contributed by atoms with van der Waals surface area (Å²) in [6, 6.07) is 13.9. The second kappa shape index (κ2) is 4.28. The third-order valence-electron chi connectivity index (χ3n) is 2.23. The summed E-state index contributed by atoms with van der Waals surface area (Å²) in [5.74, 6) is 0. The summed E-state index contributed by atoms with van der Waals surface area (Å²) in [5.41, 5.74) is 0.978. The van der Waals surface area contributed by atoms with E-state index in [0.717, 1.165) is 16.3 Å². The largest absolute Gasteiger partial charge is 0.449 e. The molecule has 0 fully saturated rings. The van der Waals surface area contributed by atoms with Gasteiger partial charge in [-0.2, -0.15) is 0 Å². The zero-order valence-corrected chi connectivity index (χ0v) is 8.79. The van der Waals surface area contributed by atoms with E-state index in [1.165, 1.54) is 0 Å². The quantitative estimate of drug-likeness (QED) is 0.717. The van der Waals surface area contributed by atoms with Gasteiger partial charge in [0, 0.05) is 12.6 Å². The van der Waals surface area contributed by atoms with Crippen LogP contribution in [0.15, 0.2) is 42.5 Å². The first-order valence-corrected chi connectivity index (χ1v) is 4.98. The van der Waals surface area contributed by atoms with Gasteiger partial charge in [0.15, 0.2) is 0 Å². The number of hydrogen-bond acceptors (Lipinski definition) is 2. The highest BCUT2D eigenvalue weighted by molar-refractivity contribution is 7.96. The Morgan fingerprint density at radius 2 is 1.87 bits per heavy atom. The molecule has 3 heteroatoms. The molecule has 0 heterocycles. The molecule has 0 spiro atoms. The first-order valence-electron chi connectivity index (χ1n) is 4.58. The molecule has 2 aromatic carbocycles. The molecular weight excluding hydrogens is 208 g/mol. The van der Waals surface area contributed by atoms with Crippen molar-refractivity contribution in [2.24, 2.45) is 0 Å². The van der Waals surface area contributed by atoms with Crippen LogP contribution < -0.4 is 0 Å². The average Bonchev–Trinajstić information content (AvgIpc) is 2.26. The topological polar surface area (TPSA) is 26.3 Å². The molecule has 2 nitrogen and oxygen atoms in total. The molecule has 2 rings (SSSR count). The van der Waals surface area contributed by atoms with Crippen molar-refractivity contribution in [3.05, 3.63) is 48.0 Å². The molecule has 0 saturated carbocycles. The molecule has 2 aromatic rings. The van der Waals surface area contributed by atoms with E-state index in [9.17, 15) is 4.79 Å². The molecule has 15 heavy (non-hydrogen) atoms. The van der Waals surface area contributed by atoms with Crippen molar-refractivity contribution in [1.29, 1.82) is 0 Å². The molecule has 0 unspecified atom stereocenters. The Hall–Kier alpha value is -1.61. The van der Waals surface area contributed by atoms with Gasteiger partial charge in [-0.25, -0.2) is 4.79 Å². The van der Waals surface area contributed by atoms with Gasteiger partial charge in [0.25, 0.3) is 0 Å². The van der Waals surface area contributed by atoms with E-state index < -0.39 is 5.30 Å². The minimum absolute atomic E-state index is 0.240. The highest BCUT2D eigenvalue weighted by Gasteiger charge is 2.02. The predicted molar refractivity (Wildman–Crippen MR) is 61.7 cm³/mol. The Bertz CT molecular complexity index is 488. The van der Waals surface area contributed by atoms with E-state index >= 15 is 0 Å². The number of carbonyl (C=O) groups excluding carboxylic acids is 1. The molecule has 0 aliphatic carbocycles. The summed E-state index contributed by atoms with van der Waals surface area (Å²) in [6.45, 7) is 0.240. The first kappa shape index (κ1) is 9.93. The van der Waals surface area contributed by atoms with Crippen molar-refractivity contribution in [2.75, 3.05) is 0 Å². The fourth-order valence-electron chi connectivity index (χ4n) is 1.56. The number of ether oxygens (including phenoxy) is 1. The third-order valence-corrected chi connectivity index (χ3v) is 2.34. The van der Waals surface area contributed by atoms with Crippen LogP contribution in [0.1, 0.15) is 5.56 Å². The molecule has 0 N–H and O–H groups in total. The lowest BCUT2D eigenvalue weighted by molar-refractivity contribution is 0.169. The lowest BCUT2D eigenvalue weighted by atomic mass is 10.1. The lowest BCUT2D eigenvalue weighted by Gasteiger charge is -2.05. The Balaban J connectivity index is 2.38. The highest BCUT2D eigenvalue weighted by Crippen LogP contribution is 2.19. The van der Waals surface area contributed by atoms with Gasteiger partial charge < -0.3 is 4.74 Å². The van der Waals surface area contributed by atoms with E-state index in [-0.39, 0.29) is 6.61 Å². The van der Waals surface area contributed by atoms with Gasteiger partial charge in [-0.15, -0.1) is 0 Å². The van der Waals surface area contributed by atoms with E-state index in [0.29, 0.717) is 0 Å². The standard InChI is InChI=1S/C12H9O2S/c13-12(15)14-8-10-6-3-5-9-4-1-2-7-11(9)10/h1-7H,8H2. The summed E-state index contributed by atoms with van der Waals surface area (Å²) in [6.07, 6.45) is 0. The summed E-state index contributed by atoms with van der Waals surface area (Å²) in [5, 5.41) is 1.56. The average molecular weight is 217 g/mol. The molecule has 75 valence electrons. The molecule has 0 aliphatic heterocycles. The third kappa shape index (κ3) is 2.25. The van der Waals surface area contributed by atoms with Crippen LogP contribution >= 0.6 is 12.6 Å². The molecule has 1 radical (unpaired) electrons. The number of fused-ring (bicyclic) bond motifs is 1. The molecule has 0 aliphatic rings. The van der Waals surface area contributed by atoms with Crippen LogP contribution in [0.4, 0.5) is 4.79 Å². The van der Waals surface area contributed by atoms with Crippen LogP contribution in [-0.2, 0) is 11.3 Å². The van der Waals surface area contributed by atoms with Crippen molar-refractivity contribution < 1.29 is 9.53 Å². The van der Waals surface area contributed by atoms with Crippen LogP contribution in [0.2, 0.25) is 0 Å². The summed E-state index contributed by atoms with van der Waals surface area (Å²) >= 11 is 4.34. The number of hydrogen-bond donors (Lipinski definition) is 0. The minimum Gasteiger partial charge on any atom is -0.449 e. The fourth-order valence-corrected chi connectivity index (χ4v) is 1.61. The minimum atomic E-state index is -0.664. The second-order valence-electron chi connectivity index (χ2n) is 3.18. The molecule has 0 bridgehead atoms. The van der Waals surface area contributed by atoms with E-state index in [1.807, 2.05) is 42.5 Å². The van der Waals surface area contributed by atoms with Crippen LogP contribution in [0.5, 0.6) is 0 Å². The molecule has 0 atom stereocenters. The smallest absolute Gasteiger partial charge is 0.400 e. The zero-order valence-electron chi connectivity index (χ0n) is 7.97. The van der Waals surface area contributed by atoms with Crippen molar-refractivity contribution >= 4 is 28.7 Å². The van der Waals surface area contributed by atoms with Crippen molar-refractivity contribution in [3.63, 3.8) is 0 Å². The normalized spacial score (nSPS) is 10.1. The van der Waals surface area contributed by atoms with Crippen LogP contribution in [0.25, 0.3) is 10.8 Å². The summed E-state index contributed by atoms with van der Waals surface area (Å²) < 4.78 is 4.81. The summed E-state index contributed by atoms with van der Waals surface area (Å²) in [7, 11) is 0. The predicted octanol–water partition coefficient (Wildman–Crippen LogP) is 3.67. The van der Waals surface area contributed by atoms with E-state index in [4.69, 9.17) is 4.74 Å². The number of rotatable bonds is 2. The highest BCUT2D eigenvalue weighted by atomic mass is 32.1. The van der Waals surface area contributed by atoms with Gasteiger partial charge >= 0.3 is 5.30 Å².